The molecule has 0 aliphatic carbocycles. The van der Waals surface area contributed by atoms with Crippen LogP contribution in [0.15, 0.2) is 16.8 Å². The summed E-state index contributed by atoms with van der Waals surface area (Å²) in [6, 6.07) is 2.82. The quantitative estimate of drug-likeness (QED) is 0.807. The summed E-state index contributed by atoms with van der Waals surface area (Å²) < 4.78 is 0. The first-order valence-electron chi connectivity index (χ1n) is 6.61. The molecule has 0 aromatic carbocycles. The molecule has 0 fully saturated rings. The molecule has 3 heteroatoms. The first-order chi connectivity index (χ1) is 8.10. The van der Waals surface area contributed by atoms with E-state index < -0.39 is 0 Å². The van der Waals surface area contributed by atoms with E-state index >= 15 is 0 Å². The van der Waals surface area contributed by atoms with Gasteiger partial charge in [0, 0.05) is 12.6 Å². The average Bonchev–Trinajstić information content (AvgIpc) is 2.80. The number of hydrogen-bond acceptors (Lipinski definition) is 3. The zero-order valence-electron chi connectivity index (χ0n) is 11.5. The van der Waals surface area contributed by atoms with Crippen LogP contribution < -0.4 is 5.73 Å². The smallest absolute Gasteiger partial charge is 0.0507 e. The van der Waals surface area contributed by atoms with Gasteiger partial charge < -0.3 is 5.73 Å². The molecule has 0 saturated carbocycles. The summed E-state index contributed by atoms with van der Waals surface area (Å²) >= 11 is 1.76. The van der Waals surface area contributed by atoms with Crippen LogP contribution in [0.25, 0.3) is 0 Å². The Balaban J connectivity index is 2.88. The van der Waals surface area contributed by atoms with Crippen molar-refractivity contribution in [3.8, 4) is 0 Å². The van der Waals surface area contributed by atoms with E-state index in [0.717, 1.165) is 19.5 Å². The van der Waals surface area contributed by atoms with E-state index in [4.69, 9.17) is 5.73 Å². The first kappa shape index (κ1) is 14.7. The third-order valence-corrected chi connectivity index (χ3v) is 3.86. The van der Waals surface area contributed by atoms with E-state index in [0.29, 0.717) is 12.0 Å². The first-order valence-corrected chi connectivity index (χ1v) is 7.56. The fourth-order valence-corrected chi connectivity index (χ4v) is 2.99. The maximum atomic E-state index is 6.32. The van der Waals surface area contributed by atoms with Crippen molar-refractivity contribution in [2.45, 2.75) is 46.2 Å². The van der Waals surface area contributed by atoms with Gasteiger partial charge in [-0.3, -0.25) is 4.90 Å². The highest BCUT2D eigenvalue weighted by atomic mass is 32.1. The lowest BCUT2D eigenvalue weighted by atomic mass is 9.97. The summed E-state index contributed by atoms with van der Waals surface area (Å²) in [5.41, 5.74) is 7.70. The van der Waals surface area contributed by atoms with Crippen LogP contribution in [-0.2, 0) is 0 Å². The van der Waals surface area contributed by atoms with Crippen LogP contribution in [0.4, 0.5) is 0 Å². The van der Waals surface area contributed by atoms with E-state index in [2.05, 4.69) is 49.4 Å². The van der Waals surface area contributed by atoms with Gasteiger partial charge in [-0.05, 0) is 41.3 Å². The van der Waals surface area contributed by atoms with Gasteiger partial charge in [-0.2, -0.15) is 11.3 Å². The molecule has 98 valence electrons. The lowest BCUT2D eigenvalue weighted by Crippen LogP contribution is -2.42. The standard InChI is InChI=1S/C14H26N2S/c1-5-13(15)14(12-7-8-17-10-12)16(6-2)9-11(3)4/h7-8,10-11,13-14H,5-6,9,15H2,1-4H3. The summed E-state index contributed by atoms with van der Waals surface area (Å²) in [5, 5.41) is 4.39. The molecule has 2 unspecified atom stereocenters. The Hall–Kier alpha value is -0.380. The van der Waals surface area contributed by atoms with E-state index in [-0.39, 0.29) is 6.04 Å². The molecule has 2 atom stereocenters. The van der Waals surface area contributed by atoms with Crippen molar-refractivity contribution < 1.29 is 0 Å². The number of nitrogens with zero attached hydrogens (tertiary/aromatic N) is 1. The molecule has 0 aliphatic rings. The van der Waals surface area contributed by atoms with E-state index in [1.165, 1.54) is 5.56 Å². The molecular formula is C14H26N2S. The Morgan fingerprint density at radius 3 is 2.47 bits per heavy atom. The Morgan fingerprint density at radius 2 is 2.06 bits per heavy atom. The highest BCUT2D eigenvalue weighted by Gasteiger charge is 2.25. The molecule has 17 heavy (non-hydrogen) atoms. The molecule has 0 radical (unpaired) electrons. The van der Waals surface area contributed by atoms with Crippen LogP contribution in [0, 0.1) is 5.92 Å². The van der Waals surface area contributed by atoms with Crippen molar-refractivity contribution in [3.05, 3.63) is 22.4 Å². The second-order valence-corrected chi connectivity index (χ2v) is 5.84. The van der Waals surface area contributed by atoms with Crippen molar-refractivity contribution in [2.75, 3.05) is 13.1 Å². The van der Waals surface area contributed by atoms with Crippen LogP contribution in [0.2, 0.25) is 0 Å². The Kier molecular flexibility index (Phi) is 6.17. The van der Waals surface area contributed by atoms with Crippen molar-refractivity contribution in [1.82, 2.24) is 4.90 Å². The van der Waals surface area contributed by atoms with Gasteiger partial charge in [0.1, 0.15) is 0 Å². The molecule has 0 aliphatic heterocycles. The zero-order chi connectivity index (χ0) is 12.8. The van der Waals surface area contributed by atoms with Crippen LogP contribution in [-0.4, -0.2) is 24.0 Å². The van der Waals surface area contributed by atoms with Crippen LogP contribution in [0.5, 0.6) is 0 Å². The Labute approximate surface area is 110 Å². The van der Waals surface area contributed by atoms with Gasteiger partial charge in [-0.15, -0.1) is 0 Å². The molecule has 2 N–H and O–H groups in total. The molecule has 1 aromatic heterocycles. The number of rotatable bonds is 7. The summed E-state index contributed by atoms with van der Waals surface area (Å²) in [5.74, 6) is 0.681. The van der Waals surface area contributed by atoms with Gasteiger partial charge in [0.15, 0.2) is 0 Å². The summed E-state index contributed by atoms with van der Waals surface area (Å²) in [6.07, 6.45) is 1.02. The van der Waals surface area contributed by atoms with Gasteiger partial charge >= 0.3 is 0 Å². The lowest BCUT2D eigenvalue weighted by Gasteiger charge is -2.35. The lowest BCUT2D eigenvalue weighted by molar-refractivity contribution is 0.159. The fraction of sp³-hybridized carbons (Fsp3) is 0.714. The monoisotopic (exact) mass is 254 g/mol. The molecular weight excluding hydrogens is 228 g/mol. The largest absolute Gasteiger partial charge is 0.326 e. The summed E-state index contributed by atoms with van der Waals surface area (Å²) in [7, 11) is 0. The molecule has 0 spiro atoms. The zero-order valence-corrected chi connectivity index (χ0v) is 12.3. The number of thiophene rings is 1. The van der Waals surface area contributed by atoms with E-state index in [1.807, 2.05) is 0 Å². The van der Waals surface area contributed by atoms with Crippen molar-refractivity contribution in [2.24, 2.45) is 11.7 Å². The normalized spacial score (nSPS) is 15.5. The van der Waals surface area contributed by atoms with Crippen molar-refractivity contribution in [3.63, 3.8) is 0 Å². The molecule has 1 heterocycles. The van der Waals surface area contributed by atoms with Crippen LogP contribution in [0.3, 0.4) is 0 Å². The third kappa shape index (κ3) is 4.09. The van der Waals surface area contributed by atoms with E-state index in [1.54, 1.807) is 11.3 Å². The highest BCUT2D eigenvalue weighted by molar-refractivity contribution is 7.07. The second kappa shape index (κ2) is 7.14. The molecule has 2 nitrogen and oxygen atoms in total. The Morgan fingerprint density at radius 1 is 1.35 bits per heavy atom. The predicted molar refractivity (Wildman–Crippen MR) is 77.4 cm³/mol. The second-order valence-electron chi connectivity index (χ2n) is 5.06. The SMILES string of the molecule is CCC(N)C(c1ccsc1)N(CC)CC(C)C. The number of hydrogen-bond donors (Lipinski definition) is 1. The van der Waals surface area contributed by atoms with Gasteiger partial charge in [0.2, 0.25) is 0 Å². The molecule has 0 amide bonds. The predicted octanol–water partition coefficient (Wildman–Crippen LogP) is 3.50. The highest BCUT2D eigenvalue weighted by Crippen LogP contribution is 2.27. The maximum absolute atomic E-state index is 6.32. The number of nitrogens with two attached hydrogens (primary N) is 1. The maximum Gasteiger partial charge on any atom is 0.0507 e. The minimum Gasteiger partial charge on any atom is -0.326 e. The third-order valence-electron chi connectivity index (χ3n) is 3.16. The van der Waals surface area contributed by atoms with Gasteiger partial charge in [0.25, 0.3) is 0 Å². The molecule has 0 bridgehead atoms. The Bertz CT molecular complexity index is 295. The molecule has 1 aromatic rings. The van der Waals surface area contributed by atoms with Crippen molar-refractivity contribution >= 4 is 11.3 Å². The van der Waals surface area contributed by atoms with E-state index in [9.17, 15) is 0 Å². The number of likely N-dealkylation sites (N-methyl/N-ethyl adjacent to an activating group) is 1. The average molecular weight is 254 g/mol. The molecule has 1 rings (SSSR count). The van der Waals surface area contributed by atoms with Crippen molar-refractivity contribution in [1.29, 1.82) is 0 Å². The minimum absolute atomic E-state index is 0.225. The minimum atomic E-state index is 0.225. The van der Waals surface area contributed by atoms with Gasteiger partial charge in [-0.25, -0.2) is 0 Å². The van der Waals surface area contributed by atoms with Gasteiger partial charge in [-0.1, -0.05) is 27.7 Å². The van der Waals surface area contributed by atoms with Gasteiger partial charge in [0.05, 0.1) is 6.04 Å². The molecule has 0 saturated heterocycles. The fourth-order valence-electron chi connectivity index (χ4n) is 2.30. The van der Waals surface area contributed by atoms with Crippen LogP contribution >= 0.6 is 11.3 Å². The summed E-state index contributed by atoms with van der Waals surface area (Å²) in [6.45, 7) is 11.1. The van der Waals surface area contributed by atoms with Crippen LogP contribution in [0.1, 0.15) is 45.7 Å². The topological polar surface area (TPSA) is 29.3 Å². The summed E-state index contributed by atoms with van der Waals surface area (Å²) in [4.78, 5) is 2.51.